The van der Waals surface area contributed by atoms with Crippen LogP contribution in [0.3, 0.4) is 0 Å². The summed E-state index contributed by atoms with van der Waals surface area (Å²) in [6.07, 6.45) is 2.96. The number of sulfonamides is 1. The van der Waals surface area contributed by atoms with Crippen LogP contribution in [0, 0.1) is 0 Å². The molecule has 112 valence electrons. The molecule has 0 aliphatic carbocycles. The molecule has 0 atom stereocenters. The van der Waals surface area contributed by atoms with Gasteiger partial charge in [0.15, 0.2) is 0 Å². The number of hydrogen-bond donors (Lipinski definition) is 0. The topological polar surface area (TPSA) is 46.6 Å². The second kappa shape index (κ2) is 6.78. The molecule has 0 unspecified atom stereocenters. The third-order valence-electron chi connectivity index (χ3n) is 3.43. The Labute approximate surface area is 125 Å². The summed E-state index contributed by atoms with van der Waals surface area (Å²) in [4.78, 5) is 0.304. The summed E-state index contributed by atoms with van der Waals surface area (Å²) in [5.74, 6) is 0.888. The van der Waals surface area contributed by atoms with Crippen LogP contribution >= 0.6 is 11.6 Å². The van der Waals surface area contributed by atoms with Crippen LogP contribution in [-0.2, 0) is 15.9 Å². The van der Waals surface area contributed by atoms with Crippen LogP contribution in [0.2, 0.25) is 0 Å². The summed E-state index contributed by atoms with van der Waals surface area (Å²) in [7, 11) is -3.41. The summed E-state index contributed by atoms with van der Waals surface area (Å²) in [5.41, 5.74) is 0.714. The summed E-state index contributed by atoms with van der Waals surface area (Å²) in [5, 5.41) is 0. The first-order valence-electron chi connectivity index (χ1n) is 6.91. The SMILES string of the molecule is CCOc1ccc(S(=O)(=O)N2CCCCC2)cc1CCl. The number of ether oxygens (including phenoxy) is 1. The summed E-state index contributed by atoms with van der Waals surface area (Å²) in [6, 6.07) is 4.92. The first kappa shape index (κ1) is 15.6. The van der Waals surface area contributed by atoms with Gasteiger partial charge in [0.1, 0.15) is 5.75 Å². The number of alkyl halides is 1. The van der Waals surface area contributed by atoms with Gasteiger partial charge < -0.3 is 4.74 Å². The highest BCUT2D eigenvalue weighted by Crippen LogP contribution is 2.27. The van der Waals surface area contributed by atoms with Crippen LogP contribution in [-0.4, -0.2) is 32.4 Å². The second-order valence-corrected chi connectivity index (χ2v) is 7.01. The lowest BCUT2D eigenvalue weighted by Gasteiger charge is -2.26. The van der Waals surface area contributed by atoms with Crippen molar-refractivity contribution in [3.63, 3.8) is 0 Å². The Bertz CT molecular complexity index is 554. The Balaban J connectivity index is 2.31. The van der Waals surface area contributed by atoms with E-state index in [-0.39, 0.29) is 5.88 Å². The maximum atomic E-state index is 12.6. The number of halogens is 1. The molecule has 0 saturated carbocycles. The van der Waals surface area contributed by atoms with E-state index in [0.29, 0.717) is 35.9 Å². The zero-order valence-electron chi connectivity index (χ0n) is 11.6. The third-order valence-corrected chi connectivity index (χ3v) is 5.61. The van der Waals surface area contributed by atoms with Crippen molar-refractivity contribution in [2.24, 2.45) is 0 Å². The molecular weight excluding hydrogens is 298 g/mol. The lowest BCUT2D eigenvalue weighted by molar-refractivity contribution is 0.336. The standard InChI is InChI=1S/C14H20ClNO3S/c1-2-19-14-7-6-13(10-12(14)11-15)20(17,18)16-8-4-3-5-9-16/h6-7,10H,2-5,8-9,11H2,1H3. The first-order chi connectivity index (χ1) is 9.59. The van der Waals surface area contributed by atoms with E-state index in [0.717, 1.165) is 19.3 Å². The van der Waals surface area contributed by atoms with Crippen molar-refractivity contribution in [2.45, 2.75) is 37.0 Å². The first-order valence-corrected chi connectivity index (χ1v) is 8.89. The van der Waals surface area contributed by atoms with Gasteiger partial charge in [0.25, 0.3) is 0 Å². The fourth-order valence-corrected chi connectivity index (χ4v) is 4.15. The number of nitrogens with zero attached hydrogens (tertiary/aromatic N) is 1. The van der Waals surface area contributed by atoms with Gasteiger partial charge in [-0.05, 0) is 38.0 Å². The molecule has 6 heteroatoms. The Morgan fingerprint density at radius 2 is 1.95 bits per heavy atom. The maximum Gasteiger partial charge on any atom is 0.243 e. The highest BCUT2D eigenvalue weighted by atomic mass is 35.5. The normalized spacial score (nSPS) is 17.1. The summed E-state index contributed by atoms with van der Waals surface area (Å²) < 4.78 is 32.1. The molecule has 0 radical (unpaired) electrons. The Morgan fingerprint density at radius 1 is 1.25 bits per heavy atom. The fraction of sp³-hybridized carbons (Fsp3) is 0.571. The van der Waals surface area contributed by atoms with E-state index in [1.165, 1.54) is 0 Å². The molecule has 1 fully saturated rings. The lowest BCUT2D eigenvalue weighted by atomic mass is 10.2. The summed E-state index contributed by atoms with van der Waals surface area (Å²) in [6.45, 7) is 3.62. The van der Waals surface area contributed by atoms with E-state index in [9.17, 15) is 8.42 Å². The third kappa shape index (κ3) is 3.27. The van der Waals surface area contributed by atoms with Crippen LogP contribution in [0.25, 0.3) is 0 Å². The van der Waals surface area contributed by atoms with E-state index < -0.39 is 10.0 Å². The van der Waals surface area contributed by atoms with Crippen LogP contribution in [0.1, 0.15) is 31.7 Å². The predicted octanol–water partition coefficient (Wildman–Crippen LogP) is 3.00. The minimum Gasteiger partial charge on any atom is -0.494 e. The number of benzene rings is 1. The van der Waals surface area contributed by atoms with Gasteiger partial charge in [0.2, 0.25) is 10.0 Å². The molecule has 0 aromatic heterocycles. The smallest absolute Gasteiger partial charge is 0.243 e. The van der Waals surface area contributed by atoms with Crippen molar-refractivity contribution >= 4 is 21.6 Å². The van der Waals surface area contributed by atoms with Gasteiger partial charge in [-0.1, -0.05) is 6.42 Å². The Kier molecular flexibility index (Phi) is 5.29. The summed E-state index contributed by atoms with van der Waals surface area (Å²) >= 11 is 5.89. The lowest BCUT2D eigenvalue weighted by Crippen LogP contribution is -2.35. The van der Waals surface area contributed by atoms with E-state index in [4.69, 9.17) is 16.3 Å². The molecule has 0 amide bonds. The van der Waals surface area contributed by atoms with Gasteiger partial charge in [0, 0.05) is 18.7 Å². The zero-order valence-corrected chi connectivity index (χ0v) is 13.2. The van der Waals surface area contributed by atoms with Crippen molar-refractivity contribution in [1.82, 2.24) is 4.31 Å². The average Bonchev–Trinajstić information content (AvgIpc) is 2.48. The van der Waals surface area contributed by atoms with Crippen LogP contribution in [0.5, 0.6) is 5.75 Å². The molecule has 0 bridgehead atoms. The van der Waals surface area contributed by atoms with E-state index >= 15 is 0 Å². The average molecular weight is 318 g/mol. The minimum absolute atomic E-state index is 0.235. The predicted molar refractivity (Wildman–Crippen MR) is 79.8 cm³/mol. The monoisotopic (exact) mass is 317 g/mol. The van der Waals surface area contributed by atoms with Crippen molar-refractivity contribution < 1.29 is 13.2 Å². The van der Waals surface area contributed by atoms with Gasteiger partial charge in [0.05, 0.1) is 17.4 Å². The molecule has 20 heavy (non-hydrogen) atoms. The van der Waals surface area contributed by atoms with Gasteiger partial charge in [-0.25, -0.2) is 8.42 Å². The number of hydrogen-bond acceptors (Lipinski definition) is 3. The molecule has 1 heterocycles. The van der Waals surface area contributed by atoms with E-state index in [1.807, 2.05) is 6.92 Å². The molecule has 0 N–H and O–H groups in total. The number of piperidine rings is 1. The van der Waals surface area contributed by atoms with Crippen molar-refractivity contribution in [2.75, 3.05) is 19.7 Å². The van der Waals surface area contributed by atoms with Crippen molar-refractivity contribution in [1.29, 1.82) is 0 Å². The Morgan fingerprint density at radius 3 is 2.55 bits per heavy atom. The molecule has 1 aromatic rings. The largest absolute Gasteiger partial charge is 0.494 e. The van der Waals surface area contributed by atoms with E-state index in [1.54, 1.807) is 22.5 Å². The van der Waals surface area contributed by atoms with E-state index in [2.05, 4.69) is 0 Å². The molecule has 1 aliphatic heterocycles. The van der Waals surface area contributed by atoms with Crippen molar-refractivity contribution in [3.8, 4) is 5.75 Å². The maximum absolute atomic E-state index is 12.6. The van der Waals surface area contributed by atoms with Gasteiger partial charge >= 0.3 is 0 Å². The highest BCUT2D eigenvalue weighted by molar-refractivity contribution is 7.89. The van der Waals surface area contributed by atoms with Crippen LogP contribution in [0.4, 0.5) is 0 Å². The molecule has 0 spiro atoms. The van der Waals surface area contributed by atoms with Gasteiger partial charge in [-0.2, -0.15) is 4.31 Å². The van der Waals surface area contributed by atoms with Crippen LogP contribution < -0.4 is 4.74 Å². The molecular formula is C14H20ClNO3S. The van der Waals surface area contributed by atoms with Crippen molar-refractivity contribution in [3.05, 3.63) is 23.8 Å². The molecule has 1 saturated heterocycles. The molecule has 1 aliphatic rings. The van der Waals surface area contributed by atoms with Gasteiger partial charge in [-0.15, -0.1) is 11.6 Å². The zero-order chi connectivity index (χ0) is 14.6. The Hall–Kier alpha value is -0.780. The number of rotatable bonds is 5. The highest BCUT2D eigenvalue weighted by Gasteiger charge is 2.26. The minimum atomic E-state index is -3.41. The quantitative estimate of drug-likeness (QED) is 0.784. The molecule has 4 nitrogen and oxygen atoms in total. The molecule has 1 aromatic carbocycles. The van der Waals surface area contributed by atoms with Gasteiger partial charge in [-0.3, -0.25) is 0 Å². The second-order valence-electron chi connectivity index (χ2n) is 4.80. The fourth-order valence-electron chi connectivity index (χ4n) is 2.37. The van der Waals surface area contributed by atoms with Crippen LogP contribution in [0.15, 0.2) is 23.1 Å². The molecule has 2 rings (SSSR count).